The first-order chi connectivity index (χ1) is 16.2. The van der Waals surface area contributed by atoms with Gasteiger partial charge < -0.3 is 9.88 Å². The first-order valence-electron chi connectivity index (χ1n) is 12.0. The Kier molecular flexibility index (Phi) is 4.91. The second-order valence-electron chi connectivity index (χ2n) is 9.24. The number of rotatable bonds is 4. The van der Waals surface area contributed by atoms with E-state index in [1.54, 1.807) is 0 Å². The molecule has 1 aromatic heterocycles. The van der Waals surface area contributed by atoms with Crippen molar-refractivity contribution in [1.82, 2.24) is 9.88 Å². The molecule has 0 radical (unpaired) electrons. The van der Waals surface area contributed by atoms with Crippen molar-refractivity contribution in [1.29, 1.82) is 0 Å². The van der Waals surface area contributed by atoms with Gasteiger partial charge in [-0.05, 0) is 55.4 Å². The largest absolute Gasteiger partial charge is 0.354 e. The third-order valence-corrected chi connectivity index (χ3v) is 7.39. The van der Waals surface area contributed by atoms with Crippen LogP contribution in [-0.2, 0) is 4.79 Å². The van der Waals surface area contributed by atoms with Gasteiger partial charge in [0.1, 0.15) is 0 Å². The minimum absolute atomic E-state index is 0.00779. The number of nitrogens with zero attached hydrogens (tertiary/aromatic N) is 1. The van der Waals surface area contributed by atoms with E-state index in [1.807, 2.05) is 6.07 Å². The van der Waals surface area contributed by atoms with Gasteiger partial charge in [0, 0.05) is 22.0 Å². The number of hydrogen-bond acceptors (Lipinski definition) is 1. The zero-order valence-electron chi connectivity index (χ0n) is 18.9. The lowest BCUT2D eigenvalue weighted by atomic mass is 9.85. The third kappa shape index (κ3) is 3.22. The minimum Gasteiger partial charge on any atom is -0.354 e. The maximum absolute atomic E-state index is 13.9. The number of H-pyrrole nitrogens is 1. The monoisotopic (exact) mass is 432 g/mol. The van der Waals surface area contributed by atoms with Crippen molar-refractivity contribution in [3.63, 3.8) is 0 Å². The molecule has 6 rings (SSSR count). The summed E-state index contributed by atoms with van der Waals surface area (Å²) in [6.07, 6.45) is 4.15. The number of carbonyl (C=O) groups excluding carboxylic acids is 1. The van der Waals surface area contributed by atoms with E-state index >= 15 is 0 Å². The number of aromatic amines is 1. The van der Waals surface area contributed by atoms with E-state index in [1.165, 1.54) is 22.1 Å². The molecular weight excluding hydrogens is 404 g/mol. The SMILES string of the molecule is C[C@H](c1ccccc1)N1C(=O)C2=C(CCCC2)[C@@H]1c1c(-c2ccccc2)[nH]c2ccccc12. The number of aromatic nitrogens is 1. The average Bonchev–Trinajstić information content (AvgIpc) is 3.40. The Balaban J connectivity index is 1.60. The van der Waals surface area contributed by atoms with Gasteiger partial charge in [-0.1, -0.05) is 78.9 Å². The summed E-state index contributed by atoms with van der Waals surface area (Å²) in [4.78, 5) is 19.8. The van der Waals surface area contributed by atoms with E-state index in [0.29, 0.717) is 0 Å². The molecule has 3 aromatic carbocycles. The van der Waals surface area contributed by atoms with Gasteiger partial charge in [-0.25, -0.2) is 0 Å². The molecule has 1 aliphatic carbocycles. The van der Waals surface area contributed by atoms with Crippen molar-refractivity contribution < 1.29 is 4.79 Å². The normalized spacial score (nSPS) is 19.2. The summed E-state index contributed by atoms with van der Waals surface area (Å²) in [6.45, 7) is 2.18. The summed E-state index contributed by atoms with van der Waals surface area (Å²) in [5, 5.41) is 1.21. The second-order valence-corrected chi connectivity index (χ2v) is 9.24. The van der Waals surface area contributed by atoms with Crippen LogP contribution in [0.3, 0.4) is 0 Å². The van der Waals surface area contributed by atoms with Crippen molar-refractivity contribution in [3.8, 4) is 11.3 Å². The Labute approximate surface area is 194 Å². The van der Waals surface area contributed by atoms with Gasteiger partial charge in [0.2, 0.25) is 0 Å². The van der Waals surface area contributed by atoms with E-state index in [9.17, 15) is 4.79 Å². The van der Waals surface area contributed by atoms with Crippen LogP contribution in [0.2, 0.25) is 0 Å². The third-order valence-electron chi connectivity index (χ3n) is 7.39. The Hall–Kier alpha value is -3.59. The Morgan fingerprint density at radius 1 is 0.848 bits per heavy atom. The van der Waals surface area contributed by atoms with E-state index in [4.69, 9.17) is 0 Å². The fourth-order valence-electron chi connectivity index (χ4n) is 5.80. The highest BCUT2D eigenvalue weighted by Crippen LogP contribution is 2.51. The molecule has 1 amide bonds. The number of benzene rings is 3. The summed E-state index contributed by atoms with van der Waals surface area (Å²) in [7, 11) is 0. The standard InChI is InChI=1S/C30H28N2O/c1-20(21-12-4-2-5-13-21)32-29(23-16-8-9-17-24(23)30(32)33)27-25-18-10-11-19-26(25)31-28(27)22-14-6-3-7-15-22/h2-7,10-15,18-20,29,31H,8-9,16-17H2,1H3/t20-,29-/m1/s1. The van der Waals surface area contributed by atoms with Crippen molar-refractivity contribution in [2.75, 3.05) is 0 Å². The van der Waals surface area contributed by atoms with Gasteiger partial charge in [-0.15, -0.1) is 0 Å². The Bertz CT molecular complexity index is 1350. The fraction of sp³-hybridized carbons (Fsp3) is 0.233. The summed E-state index contributed by atoms with van der Waals surface area (Å²) in [5.74, 6) is 0.218. The summed E-state index contributed by atoms with van der Waals surface area (Å²) >= 11 is 0. The predicted molar refractivity (Wildman–Crippen MR) is 134 cm³/mol. The number of nitrogens with one attached hydrogen (secondary N) is 1. The number of fused-ring (bicyclic) bond motifs is 1. The smallest absolute Gasteiger partial charge is 0.251 e. The molecule has 0 bridgehead atoms. The molecule has 3 nitrogen and oxygen atoms in total. The molecule has 0 unspecified atom stereocenters. The van der Waals surface area contributed by atoms with E-state index < -0.39 is 0 Å². The lowest BCUT2D eigenvalue weighted by Gasteiger charge is -2.34. The zero-order chi connectivity index (χ0) is 22.4. The van der Waals surface area contributed by atoms with Crippen LogP contribution in [0.25, 0.3) is 22.2 Å². The summed E-state index contributed by atoms with van der Waals surface area (Å²) in [6, 6.07) is 29.4. The van der Waals surface area contributed by atoms with Crippen LogP contribution in [0, 0.1) is 0 Å². The molecule has 3 heteroatoms. The molecule has 1 aliphatic heterocycles. The molecule has 4 aromatic rings. The lowest BCUT2D eigenvalue weighted by molar-refractivity contribution is -0.129. The fourth-order valence-corrected chi connectivity index (χ4v) is 5.80. The maximum Gasteiger partial charge on any atom is 0.251 e. The highest BCUT2D eigenvalue weighted by Gasteiger charge is 2.44. The van der Waals surface area contributed by atoms with Gasteiger partial charge >= 0.3 is 0 Å². The first kappa shape index (κ1) is 20.0. The molecule has 2 atom stereocenters. The Morgan fingerprint density at radius 3 is 2.30 bits per heavy atom. The average molecular weight is 433 g/mol. The predicted octanol–water partition coefficient (Wildman–Crippen LogP) is 7.35. The first-order valence-corrected chi connectivity index (χ1v) is 12.0. The van der Waals surface area contributed by atoms with Crippen LogP contribution >= 0.6 is 0 Å². The van der Waals surface area contributed by atoms with Crippen LogP contribution < -0.4 is 0 Å². The molecular formula is C30H28N2O. The van der Waals surface area contributed by atoms with E-state index in [-0.39, 0.29) is 18.0 Å². The van der Waals surface area contributed by atoms with E-state index in [0.717, 1.165) is 48.0 Å². The van der Waals surface area contributed by atoms with E-state index in [2.05, 4.69) is 95.7 Å². The van der Waals surface area contributed by atoms with Gasteiger partial charge in [-0.3, -0.25) is 4.79 Å². The number of amides is 1. The van der Waals surface area contributed by atoms with Gasteiger partial charge in [0.05, 0.1) is 17.8 Å². The Morgan fingerprint density at radius 2 is 1.52 bits per heavy atom. The minimum atomic E-state index is -0.0469. The second kappa shape index (κ2) is 8.08. The molecule has 164 valence electrons. The lowest BCUT2D eigenvalue weighted by Crippen LogP contribution is -2.33. The van der Waals surface area contributed by atoms with Crippen molar-refractivity contribution in [2.45, 2.75) is 44.7 Å². The van der Waals surface area contributed by atoms with Crippen LogP contribution in [0.5, 0.6) is 0 Å². The summed E-state index contributed by atoms with van der Waals surface area (Å²) in [5.41, 5.74) is 8.20. The van der Waals surface area contributed by atoms with Crippen LogP contribution in [-0.4, -0.2) is 15.8 Å². The highest BCUT2D eigenvalue weighted by molar-refractivity contribution is 6.01. The van der Waals surface area contributed by atoms with Gasteiger partial charge in [0.25, 0.3) is 5.91 Å². The van der Waals surface area contributed by atoms with Crippen molar-refractivity contribution >= 4 is 16.8 Å². The van der Waals surface area contributed by atoms with Crippen LogP contribution in [0.4, 0.5) is 0 Å². The number of hydrogen-bond donors (Lipinski definition) is 1. The summed E-state index contributed by atoms with van der Waals surface area (Å²) < 4.78 is 0. The van der Waals surface area contributed by atoms with Crippen LogP contribution in [0.1, 0.15) is 55.8 Å². The molecule has 0 fully saturated rings. The number of carbonyl (C=O) groups is 1. The van der Waals surface area contributed by atoms with Gasteiger partial charge in [-0.2, -0.15) is 0 Å². The maximum atomic E-state index is 13.9. The van der Waals surface area contributed by atoms with Crippen LogP contribution in [0.15, 0.2) is 96.1 Å². The van der Waals surface area contributed by atoms with Crippen molar-refractivity contribution in [2.24, 2.45) is 0 Å². The topological polar surface area (TPSA) is 36.1 Å². The quantitative estimate of drug-likeness (QED) is 0.359. The molecule has 0 spiro atoms. The number of para-hydroxylation sites is 1. The molecule has 2 aliphatic rings. The molecule has 0 saturated heterocycles. The molecule has 0 saturated carbocycles. The highest BCUT2D eigenvalue weighted by atomic mass is 16.2. The van der Waals surface area contributed by atoms with Crippen molar-refractivity contribution in [3.05, 3.63) is 107 Å². The molecule has 1 N–H and O–H groups in total. The zero-order valence-corrected chi connectivity index (χ0v) is 18.9. The van der Waals surface area contributed by atoms with Gasteiger partial charge in [0.15, 0.2) is 0 Å². The molecule has 33 heavy (non-hydrogen) atoms. The molecule has 2 heterocycles.